The lowest BCUT2D eigenvalue weighted by Gasteiger charge is -2.25. The van der Waals surface area contributed by atoms with Gasteiger partial charge in [0, 0.05) is 31.7 Å². The van der Waals surface area contributed by atoms with Gasteiger partial charge in [0.15, 0.2) is 0 Å². The van der Waals surface area contributed by atoms with E-state index in [0.29, 0.717) is 18.4 Å². The second-order valence-electron chi connectivity index (χ2n) is 6.38. The number of amides is 1. The van der Waals surface area contributed by atoms with E-state index in [0.717, 1.165) is 38.2 Å². The van der Waals surface area contributed by atoms with Crippen molar-refractivity contribution in [2.45, 2.75) is 58.2 Å². The van der Waals surface area contributed by atoms with Crippen LogP contribution in [0, 0.1) is 0 Å². The van der Waals surface area contributed by atoms with Gasteiger partial charge in [-0.05, 0) is 45.7 Å². The first-order valence-corrected chi connectivity index (χ1v) is 8.25. The Bertz CT molecular complexity index is 478. The molecule has 0 bridgehead atoms. The third-order valence-electron chi connectivity index (χ3n) is 4.87. The number of likely N-dealkylation sites (tertiary alicyclic amines) is 1. The van der Waals surface area contributed by atoms with Gasteiger partial charge in [-0.2, -0.15) is 0 Å². The first-order chi connectivity index (χ1) is 10.2. The molecule has 5 nitrogen and oxygen atoms in total. The number of hydrogen-bond donors (Lipinski definition) is 0. The van der Waals surface area contributed by atoms with E-state index in [4.69, 9.17) is 0 Å². The predicted octanol–water partition coefficient (Wildman–Crippen LogP) is 1.88. The molecule has 0 aliphatic carbocycles. The van der Waals surface area contributed by atoms with Gasteiger partial charge in [-0.25, -0.2) is 4.98 Å². The largest absolute Gasteiger partial charge is 0.337 e. The molecule has 1 fully saturated rings. The minimum absolute atomic E-state index is 0.302. The van der Waals surface area contributed by atoms with E-state index in [2.05, 4.69) is 21.4 Å². The van der Waals surface area contributed by atoms with E-state index in [1.807, 2.05) is 17.4 Å². The lowest BCUT2D eigenvalue weighted by atomic mass is 10.1. The van der Waals surface area contributed by atoms with Crippen LogP contribution >= 0.6 is 0 Å². The van der Waals surface area contributed by atoms with Crippen molar-refractivity contribution in [2.75, 3.05) is 19.6 Å². The molecule has 116 valence electrons. The number of carbonyl (C=O) groups is 1. The highest BCUT2D eigenvalue weighted by Gasteiger charge is 2.22. The molecule has 0 aromatic carbocycles. The zero-order chi connectivity index (χ0) is 14.7. The smallest absolute Gasteiger partial charge is 0.222 e. The van der Waals surface area contributed by atoms with Gasteiger partial charge in [0.25, 0.3) is 0 Å². The third kappa shape index (κ3) is 3.46. The number of fused-ring (bicyclic) bond motifs is 1. The van der Waals surface area contributed by atoms with Crippen molar-refractivity contribution in [3.05, 3.63) is 18.2 Å². The number of hydrogen-bond acceptors (Lipinski definition) is 3. The summed E-state index contributed by atoms with van der Waals surface area (Å²) in [5, 5.41) is 0. The first kappa shape index (κ1) is 14.6. The summed E-state index contributed by atoms with van der Waals surface area (Å²) in [5.74, 6) is 0.302. The lowest BCUT2D eigenvalue weighted by molar-refractivity contribution is -0.132. The number of aromatic nitrogens is 2. The van der Waals surface area contributed by atoms with Crippen molar-refractivity contribution in [3.8, 4) is 0 Å². The molecule has 0 spiro atoms. The zero-order valence-electron chi connectivity index (χ0n) is 13.0. The molecule has 1 aromatic rings. The number of aryl methyl sites for hydroxylation is 1. The van der Waals surface area contributed by atoms with Gasteiger partial charge >= 0.3 is 0 Å². The second-order valence-corrected chi connectivity index (χ2v) is 6.38. The van der Waals surface area contributed by atoms with Crippen LogP contribution in [-0.2, 0) is 17.9 Å². The molecule has 0 N–H and O–H groups in total. The normalized spacial score (nSPS) is 21.1. The maximum atomic E-state index is 12.5. The van der Waals surface area contributed by atoms with Crippen molar-refractivity contribution in [3.63, 3.8) is 0 Å². The minimum Gasteiger partial charge on any atom is -0.337 e. The van der Waals surface area contributed by atoms with Gasteiger partial charge in [-0.3, -0.25) is 4.79 Å². The van der Waals surface area contributed by atoms with Crippen molar-refractivity contribution < 1.29 is 4.79 Å². The molecular weight excluding hydrogens is 264 g/mol. The Labute approximate surface area is 126 Å². The average molecular weight is 290 g/mol. The summed E-state index contributed by atoms with van der Waals surface area (Å²) in [6.45, 7) is 7.24. The quantitative estimate of drug-likeness (QED) is 0.850. The Morgan fingerprint density at radius 2 is 2.05 bits per heavy atom. The first-order valence-electron chi connectivity index (χ1n) is 8.25. The number of nitrogens with zero attached hydrogens (tertiary/aromatic N) is 4. The van der Waals surface area contributed by atoms with Crippen molar-refractivity contribution in [1.29, 1.82) is 0 Å². The van der Waals surface area contributed by atoms with Crippen LogP contribution in [0.25, 0.3) is 0 Å². The van der Waals surface area contributed by atoms with E-state index >= 15 is 0 Å². The maximum absolute atomic E-state index is 12.5. The fraction of sp³-hybridized carbons (Fsp3) is 0.750. The van der Waals surface area contributed by atoms with Gasteiger partial charge < -0.3 is 14.4 Å². The molecule has 1 amide bonds. The van der Waals surface area contributed by atoms with Crippen molar-refractivity contribution in [2.24, 2.45) is 0 Å². The van der Waals surface area contributed by atoms with Gasteiger partial charge in [0.2, 0.25) is 5.91 Å². The Hall–Kier alpha value is -1.36. The molecule has 2 aliphatic heterocycles. The van der Waals surface area contributed by atoms with Crippen LogP contribution < -0.4 is 0 Å². The van der Waals surface area contributed by atoms with Crippen LogP contribution in [0.1, 0.15) is 44.7 Å². The molecular formula is C16H26N4O. The summed E-state index contributed by atoms with van der Waals surface area (Å²) < 4.78 is 2.17. The fourth-order valence-electron chi connectivity index (χ4n) is 3.46. The molecule has 1 atom stereocenters. The average Bonchev–Trinajstić information content (AvgIpc) is 3.13. The zero-order valence-corrected chi connectivity index (χ0v) is 13.0. The van der Waals surface area contributed by atoms with Gasteiger partial charge in [0.1, 0.15) is 0 Å². The molecule has 1 saturated heterocycles. The van der Waals surface area contributed by atoms with Crippen LogP contribution in [0.4, 0.5) is 0 Å². The monoisotopic (exact) mass is 290 g/mol. The molecule has 3 rings (SSSR count). The molecule has 21 heavy (non-hydrogen) atoms. The lowest BCUT2D eigenvalue weighted by Crippen LogP contribution is -2.34. The van der Waals surface area contributed by atoms with E-state index < -0.39 is 0 Å². The Kier molecular flexibility index (Phi) is 4.58. The standard InChI is InChI=1S/C16H26N4O/c1-14(18-7-2-3-8-18)5-6-16(21)19-9-4-10-20-13-17-11-15(20)12-19/h11,13-14H,2-10,12H2,1H3/t14-/m0/s1. The van der Waals surface area contributed by atoms with E-state index in [1.165, 1.54) is 25.9 Å². The minimum atomic E-state index is 0.302. The van der Waals surface area contributed by atoms with Crippen molar-refractivity contribution in [1.82, 2.24) is 19.4 Å². The molecule has 0 saturated carbocycles. The summed E-state index contributed by atoms with van der Waals surface area (Å²) in [6.07, 6.45) is 9.07. The van der Waals surface area contributed by atoms with Gasteiger partial charge in [-0.15, -0.1) is 0 Å². The SMILES string of the molecule is C[C@@H](CCC(=O)N1CCCn2cncc2C1)N1CCCC1. The topological polar surface area (TPSA) is 41.4 Å². The summed E-state index contributed by atoms with van der Waals surface area (Å²) in [6, 6.07) is 0.536. The highest BCUT2D eigenvalue weighted by Crippen LogP contribution is 2.17. The van der Waals surface area contributed by atoms with E-state index in [9.17, 15) is 4.79 Å². The molecule has 3 heterocycles. The highest BCUT2D eigenvalue weighted by atomic mass is 16.2. The van der Waals surface area contributed by atoms with E-state index in [-0.39, 0.29) is 0 Å². The summed E-state index contributed by atoms with van der Waals surface area (Å²) in [4.78, 5) is 21.2. The fourth-order valence-corrected chi connectivity index (χ4v) is 3.46. The van der Waals surface area contributed by atoms with Crippen LogP contribution in [0.5, 0.6) is 0 Å². The second kappa shape index (κ2) is 6.60. The van der Waals surface area contributed by atoms with Crippen LogP contribution in [0.2, 0.25) is 0 Å². The molecule has 5 heteroatoms. The maximum Gasteiger partial charge on any atom is 0.222 e. The van der Waals surface area contributed by atoms with Gasteiger partial charge in [0.05, 0.1) is 18.6 Å². The van der Waals surface area contributed by atoms with Crippen LogP contribution in [-0.4, -0.2) is 50.9 Å². The van der Waals surface area contributed by atoms with Crippen molar-refractivity contribution >= 4 is 5.91 Å². The van der Waals surface area contributed by atoms with E-state index in [1.54, 1.807) is 0 Å². The molecule has 0 unspecified atom stereocenters. The molecule has 0 radical (unpaired) electrons. The van der Waals surface area contributed by atoms with Crippen LogP contribution in [0.3, 0.4) is 0 Å². The number of imidazole rings is 1. The predicted molar refractivity (Wildman–Crippen MR) is 81.8 cm³/mol. The molecule has 1 aromatic heterocycles. The van der Waals surface area contributed by atoms with Crippen LogP contribution in [0.15, 0.2) is 12.5 Å². The number of carbonyl (C=O) groups excluding carboxylic acids is 1. The summed E-state index contributed by atoms with van der Waals surface area (Å²) >= 11 is 0. The third-order valence-corrected chi connectivity index (χ3v) is 4.87. The van der Waals surface area contributed by atoms with Gasteiger partial charge in [-0.1, -0.05) is 0 Å². The highest BCUT2D eigenvalue weighted by molar-refractivity contribution is 5.76. The Morgan fingerprint density at radius 1 is 1.24 bits per heavy atom. The summed E-state index contributed by atoms with van der Waals surface area (Å²) in [7, 11) is 0. The Morgan fingerprint density at radius 3 is 2.86 bits per heavy atom. The summed E-state index contributed by atoms with van der Waals surface area (Å²) in [5.41, 5.74) is 1.16. The molecule has 2 aliphatic rings. The number of rotatable bonds is 4. The Balaban J connectivity index is 1.51.